The molecular weight excluding hydrogens is 224 g/mol. The molecular formula is C15H24N2O. The molecule has 3 rings (SSSR count). The Balaban J connectivity index is 1.88. The monoisotopic (exact) mass is 248 g/mol. The van der Waals surface area contributed by atoms with E-state index in [2.05, 4.69) is 25.8 Å². The molecule has 1 saturated heterocycles. The van der Waals surface area contributed by atoms with E-state index in [1.54, 1.807) is 0 Å². The normalized spacial score (nSPS) is 35.7. The SMILES string of the molecule is CCC1OCCC1c1nc2c([nH]1)CC(C)CC2C. The number of ether oxygens (including phenoxy) is 1. The first-order valence-corrected chi connectivity index (χ1v) is 7.39. The highest BCUT2D eigenvalue weighted by molar-refractivity contribution is 5.24. The Labute approximate surface area is 109 Å². The van der Waals surface area contributed by atoms with Crippen molar-refractivity contribution in [1.82, 2.24) is 9.97 Å². The van der Waals surface area contributed by atoms with Crippen LogP contribution in [0.25, 0.3) is 0 Å². The fourth-order valence-corrected chi connectivity index (χ4v) is 3.69. The molecule has 2 heterocycles. The predicted molar refractivity (Wildman–Crippen MR) is 71.9 cm³/mol. The number of nitrogens with one attached hydrogen (secondary N) is 1. The van der Waals surface area contributed by atoms with E-state index in [-0.39, 0.29) is 0 Å². The van der Waals surface area contributed by atoms with Gasteiger partial charge in [-0.1, -0.05) is 20.8 Å². The van der Waals surface area contributed by atoms with Gasteiger partial charge >= 0.3 is 0 Å². The van der Waals surface area contributed by atoms with Crippen LogP contribution in [0.15, 0.2) is 0 Å². The lowest BCUT2D eigenvalue weighted by Gasteiger charge is -2.22. The average molecular weight is 248 g/mol. The van der Waals surface area contributed by atoms with Crippen molar-refractivity contribution in [1.29, 1.82) is 0 Å². The van der Waals surface area contributed by atoms with Gasteiger partial charge in [-0.25, -0.2) is 4.98 Å². The summed E-state index contributed by atoms with van der Waals surface area (Å²) in [5.74, 6) is 3.06. The number of rotatable bonds is 2. The zero-order chi connectivity index (χ0) is 12.7. The highest BCUT2D eigenvalue weighted by Crippen LogP contribution is 2.37. The summed E-state index contributed by atoms with van der Waals surface area (Å²) in [6, 6.07) is 0. The Morgan fingerprint density at radius 1 is 1.39 bits per heavy atom. The summed E-state index contributed by atoms with van der Waals surface area (Å²) in [6.45, 7) is 7.74. The average Bonchev–Trinajstić information content (AvgIpc) is 2.92. The molecule has 0 bridgehead atoms. The van der Waals surface area contributed by atoms with Crippen LogP contribution >= 0.6 is 0 Å². The molecule has 4 unspecified atom stereocenters. The predicted octanol–water partition coefficient (Wildman–Crippen LogP) is 3.38. The van der Waals surface area contributed by atoms with E-state index >= 15 is 0 Å². The first-order chi connectivity index (χ1) is 8.69. The fourth-order valence-electron chi connectivity index (χ4n) is 3.69. The number of aromatic nitrogens is 2. The number of imidazole rings is 1. The van der Waals surface area contributed by atoms with E-state index < -0.39 is 0 Å². The summed E-state index contributed by atoms with van der Waals surface area (Å²) < 4.78 is 5.79. The molecule has 0 radical (unpaired) electrons. The van der Waals surface area contributed by atoms with Crippen LogP contribution in [0.1, 0.15) is 69.1 Å². The van der Waals surface area contributed by atoms with Crippen LogP contribution in [-0.4, -0.2) is 22.7 Å². The van der Waals surface area contributed by atoms with Gasteiger partial charge in [-0.05, 0) is 31.6 Å². The third-order valence-corrected chi connectivity index (χ3v) is 4.57. The standard InChI is InChI=1S/C15H24N2O/c1-4-13-11(5-6-18-13)15-16-12-8-9(2)7-10(3)14(12)17-15/h9-11,13H,4-8H2,1-3H3,(H,16,17). The van der Waals surface area contributed by atoms with Crippen LogP contribution in [0.2, 0.25) is 0 Å². The van der Waals surface area contributed by atoms with E-state index in [0.717, 1.165) is 31.8 Å². The van der Waals surface area contributed by atoms with Gasteiger partial charge in [0.15, 0.2) is 0 Å². The topological polar surface area (TPSA) is 37.9 Å². The minimum absolute atomic E-state index is 0.366. The number of fused-ring (bicyclic) bond motifs is 1. The highest BCUT2D eigenvalue weighted by atomic mass is 16.5. The molecule has 1 aromatic heterocycles. The van der Waals surface area contributed by atoms with Crippen molar-refractivity contribution in [3.05, 3.63) is 17.2 Å². The minimum Gasteiger partial charge on any atom is -0.377 e. The number of H-pyrrole nitrogens is 1. The molecule has 3 nitrogen and oxygen atoms in total. The van der Waals surface area contributed by atoms with Gasteiger partial charge in [-0.3, -0.25) is 0 Å². The van der Waals surface area contributed by atoms with Gasteiger partial charge in [-0.15, -0.1) is 0 Å². The van der Waals surface area contributed by atoms with E-state index in [9.17, 15) is 0 Å². The van der Waals surface area contributed by atoms with Crippen molar-refractivity contribution in [3.8, 4) is 0 Å². The lowest BCUT2D eigenvalue weighted by Crippen LogP contribution is -2.14. The maximum Gasteiger partial charge on any atom is 0.112 e. The van der Waals surface area contributed by atoms with Gasteiger partial charge in [-0.2, -0.15) is 0 Å². The van der Waals surface area contributed by atoms with Crippen LogP contribution < -0.4 is 0 Å². The summed E-state index contributed by atoms with van der Waals surface area (Å²) >= 11 is 0. The van der Waals surface area contributed by atoms with E-state index in [0.29, 0.717) is 17.9 Å². The third kappa shape index (κ3) is 1.99. The molecule has 18 heavy (non-hydrogen) atoms. The Bertz CT molecular complexity index is 426. The molecule has 1 aliphatic carbocycles. The molecule has 0 amide bonds. The lowest BCUT2D eigenvalue weighted by molar-refractivity contribution is 0.0995. The molecule has 3 heteroatoms. The summed E-state index contributed by atoms with van der Waals surface area (Å²) in [7, 11) is 0. The summed E-state index contributed by atoms with van der Waals surface area (Å²) in [6.07, 6.45) is 5.01. The van der Waals surface area contributed by atoms with Crippen LogP contribution in [0.4, 0.5) is 0 Å². The summed E-state index contributed by atoms with van der Waals surface area (Å²) in [5, 5.41) is 0. The van der Waals surface area contributed by atoms with Crippen molar-refractivity contribution < 1.29 is 4.74 Å². The zero-order valence-electron chi connectivity index (χ0n) is 11.7. The van der Waals surface area contributed by atoms with Gasteiger partial charge in [0.1, 0.15) is 5.82 Å². The van der Waals surface area contributed by atoms with Gasteiger partial charge in [0.2, 0.25) is 0 Å². The van der Waals surface area contributed by atoms with Crippen LogP contribution in [0, 0.1) is 5.92 Å². The number of aromatic amines is 1. The number of hydrogen-bond donors (Lipinski definition) is 1. The second kappa shape index (κ2) is 4.69. The highest BCUT2D eigenvalue weighted by Gasteiger charge is 2.33. The Hall–Kier alpha value is -0.830. The van der Waals surface area contributed by atoms with Crippen molar-refractivity contribution in [2.24, 2.45) is 5.92 Å². The quantitative estimate of drug-likeness (QED) is 0.871. The third-order valence-electron chi connectivity index (χ3n) is 4.57. The maximum absolute atomic E-state index is 5.79. The van der Waals surface area contributed by atoms with Crippen molar-refractivity contribution in [3.63, 3.8) is 0 Å². The number of hydrogen-bond acceptors (Lipinski definition) is 2. The lowest BCUT2D eigenvalue weighted by atomic mass is 9.84. The smallest absolute Gasteiger partial charge is 0.112 e. The second-order valence-electron chi connectivity index (χ2n) is 6.14. The summed E-state index contributed by atoms with van der Waals surface area (Å²) in [5.41, 5.74) is 2.71. The van der Waals surface area contributed by atoms with Crippen molar-refractivity contribution in [2.75, 3.05) is 6.61 Å². The molecule has 100 valence electrons. The molecule has 2 aliphatic rings. The van der Waals surface area contributed by atoms with E-state index in [1.807, 2.05) is 0 Å². The molecule has 0 aromatic carbocycles. The molecule has 1 fully saturated rings. The van der Waals surface area contributed by atoms with E-state index in [4.69, 9.17) is 9.72 Å². The molecule has 0 spiro atoms. The van der Waals surface area contributed by atoms with Crippen LogP contribution in [0.5, 0.6) is 0 Å². The Kier molecular flexibility index (Phi) is 3.18. The Morgan fingerprint density at radius 3 is 3.00 bits per heavy atom. The molecule has 1 aliphatic heterocycles. The molecule has 4 atom stereocenters. The van der Waals surface area contributed by atoms with E-state index in [1.165, 1.54) is 23.6 Å². The fraction of sp³-hybridized carbons (Fsp3) is 0.800. The first kappa shape index (κ1) is 12.2. The van der Waals surface area contributed by atoms with Crippen molar-refractivity contribution >= 4 is 0 Å². The molecule has 1 aromatic rings. The van der Waals surface area contributed by atoms with Gasteiger partial charge in [0.05, 0.1) is 11.8 Å². The Morgan fingerprint density at radius 2 is 2.22 bits per heavy atom. The largest absolute Gasteiger partial charge is 0.377 e. The van der Waals surface area contributed by atoms with Gasteiger partial charge < -0.3 is 9.72 Å². The zero-order valence-corrected chi connectivity index (χ0v) is 11.7. The molecule has 0 saturated carbocycles. The second-order valence-corrected chi connectivity index (χ2v) is 6.14. The van der Waals surface area contributed by atoms with Crippen LogP contribution in [0.3, 0.4) is 0 Å². The minimum atomic E-state index is 0.366. The van der Waals surface area contributed by atoms with Gasteiger partial charge in [0, 0.05) is 24.1 Å². The maximum atomic E-state index is 5.79. The van der Waals surface area contributed by atoms with Gasteiger partial charge in [0.25, 0.3) is 0 Å². The number of nitrogens with zero attached hydrogens (tertiary/aromatic N) is 1. The van der Waals surface area contributed by atoms with Crippen molar-refractivity contribution in [2.45, 2.75) is 64.4 Å². The molecule has 1 N–H and O–H groups in total. The van der Waals surface area contributed by atoms with Crippen LogP contribution in [-0.2, 0) is 11.2 Å². The first-order valence-electron chi connectivity index (χ1n) is 7.39. The summed E-state index contributed by atoms with van der Waals surface area (Å²) in [4.78, 5) is 8.52.